The van der Waals surface area contributed by atoms with E-state index >= 15 is 0 Å². The number of ether oxygens (including phenoxy) is 1. The standard InChI is InChI=1S/C23H24F3N3O4S/c1-34(31,32)12-10-18(14-5-6-14)28-22(30)17-7-8-20(23(24,25)26)29-21(17)27-13-15-3-2-4-19-16(15)9-11-33-19/h2-4,7-8,10,12,14,18H,5-6,9,11,13H2,1H3,(H,27,29)(H,28,30)/b12-10+/t18-/m1/s1. The van der Waals surface area contributed by atoms with Crippen molar-refractivity contribution in [1.82, 2.24) is 10.3 Å². The predicted molar refractivity (Wildman–Crippen MR) is 120 cm³/mol. The highest BCUT2D eigenvalue weighted by atomic mass is 32.2. The van der Waals surface area contributed by atoms with Crippen LogP contribution in [0.25, 0.3) is 0 Å². The number of rotatable bonds is 8. The molecule has 1 saturated carbocycles. The summed E-state index contributed by atoms with van der Waals surface area (Å²) < 4.78 is 68.4. The zero-order valence-corrected chi connectivity index (χ0v) is 19.2. The number of pyridine rings is 1. The number of nitrogens with one attached hydrogen (secondary N) is 2. The van der Waals surface area contributed by atoms with Crippen molar-refractivity contribution in [3.8, 4) is 5.75 Å². The summed E-state index contributed by atoms with van der Waals surface area (Å²) in [7, 11) is -3.39. The Hall–Kier alpha value is -3.08. The lowest BCUT2D eigenvalue weighted by molar-refractivity contribution is -0.141. The second kappa shape index (κ2) is 9.28. The van der Waals surface area contributed by atoms with E-state index in [1.54, 1.807) is 6.07 Å². The maximum absolute atomic E-state index is 13.3. The highest BCUT2D eigenvalue weighted by Gasteiger charge is 2.35. The van der Waals surface area contributed by atoms with Crippen molar-refractivity contribution >= 4 is 21.6 Å². The van der Waals surface area contributed by atoms with E-state index in [1.165, 1.54) is 6.08 Å². The number of nitrogens with zero attached hydrogens (tertiary/aromatic N) is 1. The molecule has 0 unspecified atom stereocenters. The van der Waals surface area contributed by atoms with E-state index in [2.05, 4.69) is 15.6 Å². The topological polar surface area (TPSA) is 97.4 Å². The molecule has 0 saturated heterocycles. The van der Waals surface area contributed by atoms with Gasteiger partial charge in [-0.3, -0.25) is 4.79 Å². The maximum Gasteiger partial charge on any atom is 0.433 e. The van der Waals surface area contributed by atoms with Crippen molar-refractivity contribution < 1.29 is 31.1 Å². The van der Waals surface area contributed by atoms with Crippen LogP contribution in [0.2, 0.25) is 0 Å². The quantitative estimate of drug-likeness (QED) is 0.580. The van der Waals surface area contributed by atoms with Gasteiger partial charge in [-0.15, -0.1) is 0 Å². The Balaban J connectivity index is 1.59. The van der Waals surface area contributed by atoms with E-state index in [-0.39, 0.29) is 23.8 Å². The second-order valence-corrected chi connectivity index (χ2v) is 10.4. The third-order valence-corrected chi connectivity index (χ3v) is 6.33. The van der Waals surface area contributed by atoms with Gasteiger partial charge in [-0.05, 0) is 42.5 Å². The molecule has 11 heteroatoms. The molecule has 1 aliphatic heterocycles. The number of hydrogen-bond acceptors (Lipinski definition) is 6. The van der Waals surface area contributed by atoms with Crippen LogP contribution in [0.4, 0.5) is 19.0 Å². The lowest BCUT2D eigenvalue weighted by Gasteiger charge is -2.18. The first-order valence-electron chi connectivity index (χ1n) is 10.8. The Morgan fingerprint density at radius 1 is 1.26 bits per heavy atom. The number of alkyl halides is 3. The molecule has 0 spiro atoms. The molecule has 0 radical (unpaired) electrons. The van der Waals surface area contributed by atoms with Crippen LogP contribution in [0.3, 0.4) is 0 Å². The first kappa shape index (κ1) is 24.1. The van der Waals surface area contributed by atoms with Crippen LogP contribution in [0.5, 0.6) is 5.75 Å². The molecule has 1 aliphatic carbocycles. The van der Waals surface area contributed by atoms with E-state index in [4.69, 9.17) is 4.74 Å². The fourth-order valence-electron chi connectivity index (χ4n) is 3.81. The molecule has 1 fully saturated rings. The summed E-state index contributed by atoms with van der Waals surface area (Å²) >= 11 is 0. The molecular formula is C23H24F3N3O4S. The van der Waals surface area contributed by atoms with E-state index in [9.17, 15) is 26.4 Å². The van der Waals surface area contributed by atoms with Crippen molar-refractivity contribution in [1.29, 1.82) is 0 Å². The fourth-order valence-corrected chi connectivity index (χ4v) is 4.26. The van der Waals surface area contributed by atoms with Crippen molar-refractivity contribution in [3.05, 3.63) is 64.2 Å². The Kier molecular flexibility index (Phi) is 6.57. The summed E-state index contributed by atoms with van der Waals surface area (Å²) in [4.78, 5) is 16.7. The first-order valence-corrected chi connectivity index (χ1v) is 12.7. The summed E-state index contributed by atoms with van der Waals surface area (Å²) in [6.07, 6.45) is 0.0901. The number of anilines is 1. The van der Waals surface area contributed by atoms with E-state index in [0.717, 1.165) is 53.5 Å². The van der Waals surface area contributed by atoms with Gasteiger partial charge in [0.2, 0.25) is 0 Å². The third-order valence-electron chi connectivity index (χ3n) is 5.68. The molecular weight excluding hydrogens is 471 g/mol. The minimum atomic E-state index is -4.68. The highest BCUT2D eigenvalue weighted by Crippen LogP contribution is 2.34. The predicted octanol–water partition coefficient (Wildman–Crippen LogP) is 3.71. The molecule has 1 atom stereocenters. The zero-order valence-electron chi connectivity index (χ0n) is 18.4. The van der Waals surface area contributed by atoms with Crippen LogP contribution in [-0.4, -0.2) is 38.2 Å². The maximum atomic E-state index is 13.3. The van der Waals surface area contributed by atoms with Crippen molar-refractivity contribution in [2.75, 3.05) is 18.2 Å². The van der Waals surface area contributed by atoms with Crippen molar-refractivity contribution in [2.24, 2.45) is 5.92 Å². The van der Waals surface area contributed by atoms with Gasteiger partial charge in [0.05, 0.1) is 18.2 Å². The average molecular weight is 496 g/mol. The molecule has 1 amide bonds. The highest BCUT2D eigenvalue weighted by molar-refractivity contribution is 7.93. The number of aromatic nitrogens is 1. The number of benzene rings is 1. The zero-order chi connectivity index (χ0) is 24.5. The van der Waals surface area contributed by atoms with Crippen molar-refractivity contribution in [3.63, 3.8) is 0 Å². The molecule has 182 valence electrons. The smallest absolute Gasteiger partial charge is 0.433 e. The number of amides is 1. The Morgan fingerprint density at radius 2 is 2.03 bits per heavy atom. The number of hydrogen-bond donors (Lipinski definition) is 2. The molecule has 34 heavy (non-hydrogen) atoms. The summed E-state index contributed by atoms with van der Waals surface area (Å²) in [5.41, 5.74) is 0.624. The van der Waals surface area contributed by atoms with Gasteiger partial charge in [-0.2, -0.15) is 13.2 Å². The van der Waals surface area contributed by atoms with Crippen LogP contribution >= 0.6 is 0 Å². The lowest BCUT2D eigenvalue weighted by atomic mass is 10.1. The second-order valence-electron chi connectivity index (χ2n) is 8.43. The Labute approximate surface area is 195 Å². The number of fused-ring (bicyclic) bond motifs is 1. The SMILES string of the molecule is CS(=O)(=O)/C=C/[C@@H](NC(=O)c1ccc(C(F)(F)F)nc1NCc1cccc2c1CCO2)C1CC1. The van der Waals surface area contributed by atoms with Gasteiger partial charge in [0.15, 0.2) is 9.84 Å². The molecule has 4 rings (SSSR count). The summed E-state index contributed by atoms with van der Waals surface area (Å²) in [6, 6.07) is 6.75. The van der Waals surface area contributed by atoms with E-state index < -0.39 is 33.7 Å². The minimum absolute atomic E-state index is 0.0600. The Morgan fingerprint density at radius 3 is 2.71 bits per heavy atom. The van der Waals surface area contributed by atoms with Gasteiger partial charge >= 0.3 is 6.18 Å². The van der Waals surface area contributed by atoms with Crippen LogP contribution in [0.15, 0.2) is 41.8 Å². The van der Waals surface area contributed by atoms with Crippen LogP contribution in [0.1, 0.15) is 40.0 Å². The van der Waals surface area contributed by atoms with Gasteiger partial charge in [0.25, 0.3) is 5.91 Å². The lowest BCUT2D eigenvalue weighted by Crippen LogP contribution is -2.35. The van der Waals surface area contributed by atoms with Crippen LogP contribution in [-0.2, 0) is 29.0 Å². The molecule has 2 aromatic rings. The normalized spacial score (nSPS) is 16.7. The molecule has 2 heterocycles. The number of carbonyl (C=O) groups excluding carboxylic acids is 1. The summed E-state index contributed by atoms with van der Waals surface area (Å²) in [5, 5.41) is 6.65. The molecule has 2 N–H and O–H groups in total. The molecule has 0 bridgehead atoms. The van der Waals surface area contributed by atoms with Gasteiger partial charge in [0.1, 0.15) is 17.3 Å². The van der Waals surface area contributed by atoms with Crippen molar-refractivity contribution in [2.45, 2.75) is 38.0 Å². The van der Waals surface area contributed by atoms with E-state index in [1.807, 2.05) is 12.1 Å². The van der Waals surface area contributed by atoms with Gasteiger partial charge in [-0.1, -0.05) is 18.2 Å². The largest absolute Gasteiger partial charge is 0.493 e. The number of halogens is 3. The average Bonchev–Trinajstić information content (AvgIpc) is 3.49. The number of carbonyl (C=O) groups is 1. The first-order chi connectivity index (χ1) is 16.0. The molecule has 1 aromatic heterocycles. The van der Waals surface area contributed by atoms with E-state index in [0.29, 0.717) is 13.0 Å². The Bertz CT molecular complexity index is 1220. The molecule has 1 aromatic carbocycles. The molecule has 7 nitrogen and oxygen atoms in total. The van der Waals surface area contributed by atoms with Gasteiger partial charge < -0.3 is 15.4 Å². The van der Waals surface area contributed by atoms with Gasteiger partial charge in [-0.25, -0.2) is 13.4 Å². The fraction of sp³-hybridized carbons (Fsp3) is 0.391. The van der Waals surface area contributed by atoms with Crippen LogP contribution < -0.4 is 15.4 Å². The summed E-state index contributed by atoms with van der Waals surface area (Å²) in [6.45, 7) is 0.687. The van der Waals surface area contributed by atoms with Gasteiger partial charge in [0, 0.05) is 30.2 Å². The monoisotopic (exact) mass is 495 g/mol. The number of sulfone groups is 1. The van der Waals surface area contributed by atoms with Crippen LogP contribution in [0, 0.1) is 5.92 Å². The summed E-state index contributed by atoms with van der Waals surface area (Å²) in [5.74, 6) is -0.0298. The molecule has 2 aliphatic rings. The third kappa shape index (κ3) is 5.88. The minimum Gasteiger partial charge on any atom is -0.493 e.